The van der Waals surface area contributed by atoms with Gasteiger partial charge in [-0.1, -0.05) is 89.1 Å². The van der Waals surface area contributed by atoms with Crippen molar-refractivity contribution in [1.29, 1.82) is 0 Å². The number of methoxy groups -OCH3 is 2. The highest BCUT2D eigenvalue weighted by molar-refractivity contribution is 5.87. The predicted molar refractivity (Wildman–Crippen MR) is 224 cm³/mol. The standard InChI is InChI=1S/C45H73NO14/c1-13-15-33-27(6)36(57-37-21-32(47)42(31(10)56-37)59-44(46)52)22-45(53,60-33)30(9)40(50)29(8)41-34(54-11)17-14-16-23(2)18-25(4)38(48)28(7)39(49)26(5)19-24(3)20-35(55-12)43(51)58-41/h13-17,19-20,25-34,36-42,47-50,53H,18,21-22H2,1-12H3,(H2,46,52)/b15-13+,17-14-,23-16-,24-19-,35-20+. The van der Waals surface area contributed by atoms with E-state index < -0.39 is 103 Å². The first-order valence-corrected chi connectivity index (χ1v) is 21.1. The average molecular weight is 852 g/mol. The number of aliphatic hydroxyl groups is 5. The maximum Gasteiger partial charge on any atom is 0.404 e. The van der Waals surface area contributed by atoms with Gasteiger partial charge in [-0.3, -0.25) is 0 Å². The maximum atomic E-state index is 13.9. The van der Waals surface area contributed by atoms with Gasteiger partial charge in [0.1, 0.15) is 12.2 Å². The number of aliphatic hydroxyl groups excluding tert-OH is 4. The van der Waals surface area contributed by atoms with Crippen molar-refractivity contribution in [3.05, 3.63) is 59.4 Å². The minimum absolute atomic E-state index is 0.0314. The van der Waals surface area contributed by atoms with E-state index in [1.165, 1.54) is 20.3 Å². The van der Waals surface area contributed by atoms with Crippen molar-refractivity contribution in [2.24, 2.45) is 41.2 Å². The van der Waals surface area contributed by atoms with Crippen molar-refractivity contribution in [3.8, 4) is 0 Å². The molecule has 3 heterocycles. The Kier molecular flexibility index (Phi) is 19.5. The van der Waals surface area contributed by atoms with Gasteiger partial charge in [0.05, 0.1) is 49.8 Å². The van der Waals surface area contributed by atoms with E-state index in [4.69, 9.17) is 38.9 Å². The van der Waals surface area contributed by atoms with Gasteiger partial charge >= 0.3 is 12.1 Å². The summed E-state index contributed by atoms with van der Waals surface area (Å²) < 4.78 is 41.3. The Hall–Kier alpha value is -3.12. The molecule has 0 radical (unpaired) electrons. The first-order valence-electron chi connectivity index (χ1n) is 21.1. The molecular formula is C45H73NO14. The molecule has 0 saturated carbocycles. The highest BCUT2D eigenvalue weighted by atomic mass is 16.7. The highest BCUT2D eigenvalue weighted by Crippen LogP contribution is 2.42. The van der Waals surface area contributed by atoms with Crippen LogP contribution in [0.15, 0.2) is 59.4 Å². The zero-order valence-corrected chi connectivity index (χ0v) is 37.5. The molecule has 2 saturated heterocycles. The highest BCUT2D eigenvalue weighted by Gasteiger charge is 2.52. The van der Waals surface area contributed by atoms with Crippen LogP contribution in [0.4, 0.5) is 4.79 Å². The summed E-state index contributed by atoms with van der Waals surface area (Å²) in [6.07, 6.45) is 1.54. The summed E-state index contributed by atoms with van der Waals surface area (Å²) in [5.41, 5.74) is 6.76. The van der Waals surface area contributed by atoms with Crippen molar-refractivity contribution in [2.75, 3.05) is 14.2 Å². The molecule has 0 aromatic rings. The number of ether oxygens (including phenoxy) is 7. The van der Waals surface area contributed by atoms with E-state index in [0.29, 0.717) is 12.0 Å². The van der Waals surface area contributed by atoms with E-state index in [9.17, 15) is 35.1 Å². The lowest BCUT2D eigenvalue weighted by Crippen LogP contribution is -2.59. The second-order valence-corrected chi connectivity index (χ2v) is 17.3. The Morgan fingerprint density at radius 1 is 1.05 bits per heavy atom. The average Bonchev–Trinajstić information content (AvgIpc) is 3.18. The van der Waals surface area contributed by atoms with Gasteiger partial charge in [-0.2, -0.15) is 0 Å². The minimum atomic E-state index is -1.97. The van der Waals surface area contributed by atoms with Crippen LogP contribution >= 0.6 is 0 Å². The normalized spacial score (nSPS) is 42.7. The molecule has 342 valence electrons. The first-order chi connectivity index (χ1) is 28.1. The predicted octanol–water partition coefficient (Wildman–Crippen LogP) is 4.59. The molecule has 3 aliphatic heterocycles. The fraction of sp³-hybridized carbons (Fsp3) is 0.733. The summed E-state index contributed by atoms with van der Waals surface area (Å²) in [5, 5.41) is 57.6. The number of esters is 1. The van der Waals surface area contributed by atoms with Gasteiger partial charge < -0.3 is 64.4 Å². The number of carbonyl (C=O) groups excluding carboxylic acids is 2. The Bertz CT molecular complexity index is 1550. The van der Waals surface area contributed by atoms with Crippen LogP contribution in [0.1, 0.15) is 88.5 Å². The number of hydrogen-bond donors (Lipinski definition) is 6. The molecule has 18 unspecified atom stereocenters. The third-order valence-electron chi connectivity index (χ3n) is 12.5. The molecule has 0 aromatic carbocycles. The molecule has 15 nitrogen and oxygen atoms in total. The van der Waals surface area contributed by atoms with Crippen LogP contribution in [0.5, 0.6) is 0 Å². The van der Waals surface area contributed by atoms with Crippen molar-refractivity contribution < 1.29 is 68.3 Å². The van der Waals surface area contributed by atoms with E-state index in [-0.39, 0.29) is 36.4 Å². The molecule has 1 amide bonds. The van der Waals surface area contributed by atoms with Crippen LogP contribution < -0.4 is 5.73 Å². The second kappa shape index (κ2) is 22.8. The van der Waals surface area contributed by atoms with Gasteiger partial charge in [-0.15, -0.1) is 0 Å². The smallest absolute Gasteiger partial charge is 0.404 e. The van der Waals surface area contributed by atoms with Gasteiger partial charge in [-0.25, -0.2) is 9.59 Å². The monoisotopic (exact) mass is 852 g/mol. The van der Waals surface area contributed by atoms with Crippen molar-refractivity contribution >= 4 is 12.1 Å². The van der Waals surface area contributed by atoms with Gasteiger partial charge in [-0.05, 0) is 46.1 Å². The Morgan fingerprint density at radius 2 is 1.72 bits per heavy atom. The number of primary amides is 1. The van der Waals surface area contributed by atoms with Crippen molar-refractivity contribution in [3.63, 3.8) is 0 Å². The molecule has 7 N–H and O–H groups in total. The van der Waals surface area contributed by atoms with Crippen LogP contribution in [0, 0.1) is 35.5 Å². The van der Waals surface area contributed by atoms with Crippen LogP contribution in [0.25, 0.3) is 0 Å². The van der Waals surface area contributed by atoms with Crippen LogP contribution in [-0.4, -0.2) is 125 Å². The zero-order valence-electron chi connectivity index (χ0n) is 37.5. The molecule has 2 fully saturated rings. The van der Waals surface area contributed by atoms with E-state index in [2.05, 4.69) is 0 Å². The number of cyclic esters (lactones) is 1. The topological polar surface area (TPSA) is 226 Å². The van der Waals surface area contributed by atoms with Crippen LogP contribution in [-0.2, 0) is 38.0 Å². The Labute approximate surface area is 356 Å². The molecule has 3 rings (SSSR count). The summed E-state index contributed by atoms with van der Waals surface area (Å²) in [5.74, 6) is -6.06. The van der Waals surface area contributed by atoms with E-state index in [0.717, 1.165) is 5.57 Å². The minimum Gasteiger partial charge on any atom is -0.490 e. The summed E-state index contributed by atoms with van der Waals surface area (Å²) in [7, 11) is 2.80. The summed E-state index contributed by atoms with van der Waals surface area (Å²) >= 11 is 0. The van der Waals surface area contributed by atoms with E-state index in [1.807, 2.05) is 47.6 Å². The maximum absolute atomic E-state index is 13.9. The van der Waals surface area contributed by atoms with Gasteiger partial charge in [0, 0.05) is 49.5 Å². The number of hydrogen-bond acceptors (Lipinski definition) is 14. The number of amides is 1. The number of carbonyl (C=O) groups is 2. The second-order valence-electron chi connectivity index (χ2n) is 17.3. The third-order valence-corrected chi connectivity index (χ3v) is 12.5. The van der Waals surface area contributed by atoms with Crippen molar-refractivity contribution in [1.82, 2.24) is 0 Å². The molecule has 0 bridgehead atoms. The Morgan fingerprint density at radius 3 is 2.30 bits per heavy atom. The number of allylic oxidation sites excluding steroid dienone is 6. The molecule has 0 aromatic heterocycles. The molecular weight excluding hydrogens is 778 g/mol. The molecule has 0 aliphatic carbocycles. The SMILES string of the molecule is C/C=C/C1OC(O)(C(C)C(O)C(C)C2OC(=O)/C(OC)=C\C(C)=C/C(C)C(O)C(C)C(O)C(C)C/C(C)=C\C=C/C2OC)CC(OC2CC(O)C(OC(N)=O)C(C)O2)C1C. The zero-order chi connectivity index (χ0) is 45.2. The fourth-order valence-electron chi connectivity index (χ4n) is 8.64. The third kappa shape index (κ3) is 13.2. The lowest BCUT2D eigenvalue weighted by Gasteiger charge is -2.49. The van der Waals surface area contributed by atoms with Crippen LogP contribution in [0.2, 0.25) is 0 Å². The Balaban J connectivity index is 1.99. The fourth-order valence-corrected chi connectivity index (χ4v) is 8.64. The lowest BCUT2D eigenvalue weighted by molar-refractivity contribution is -0.338. The van der Waals surface area contributed by atoms with Crippen molar-refractivity contribution in [2.45, 2.75) is 162 Å². The molecule has 60 heavy (non-hydrogen) atoms. The van der Waals surface area contributed by atoms with Gasteiger partial charge in [0.25, 0.3) is 0 Å². The summed E-state index contributed by atoms with van der Waals surface area (Å²) in [6, 6.07) is 0. The molecule has 15 heteroatoms. The van der Waals surface area contributed by atoms with E-state index in [1.54, 1.807) is 58.1 Å². The van der Waals surface area contributed by atoms with E-state index >= 15 is 0 Å². The molecule has 3 aliphatic rings. The number of rotatable bonds is 10. The summed E-state index contributed by atoms with van der Waals surface area (Å²) in [4.78, 5) is 25.3. The van der Waals surface area contributed by atoms with Crippen LogP contribution in [0.3, 0.4) is 0 Å². The van der Waals surface area contributed by atoms with Gasteiger partial charge in [0.15, 0.2) is 18.2 Å². The first kappa shape index (κ1) is 51.2. The lowest BCUT2D eigenvalue weighted by atomic mass is 9.77. The number of nitrogens with two attached hydrogens (primary N) is 1. The quantitative estimate of drug-likeness (QED) is 0.131. The summed E-state index contributed by atoms with van der Waals surface area (Å²) in [6.45, 7) is 18.0. The largest absolute Gasteiger partial charge is 0.490 e. The van der Waals surface area contributed by atoms with Gasteiger partial charge in [0.2, 0.25) is 5.76 Å². The molecule has 18 atom stereocenters. The molecule has 0 spiro atoms.